The molecule has 5 amide bonds. The number of para-hydroxylation sites is 3. The molecule has 45 heavy (non-hydrogen) atoms. The third kappa shape index (κ3) is 4.01. The molecule has 2 saturated heterocycles. The minimum absolute atomic E-state index is 0.308. The summed E-state index contributed by atoms with van der Waals surface area (Å²) in [6.07, 6.45) is -1.45. The van der Waals surface area contributed by atoms with E-state index in [2.05, 4.69) is 0 Å². The number of hydrogen-bond donors (Lipinski definition) is 0. The quantitative estimate of drug-likeness (QED) is 0.406. The van der Waals surface area contributed by atoms with Crippen LogP contribution in [0.15, 0.2) is 84.9 Å². The smallest absolute Gasteiger partial charge is 0.415 e. The van der Waals surface area contributed by atoms with Gasteiger partial charge < -0.3 is 4.74 Å². The average Bonchev–Trinajstić information content (AvgIpc) is 3.57. The van der Waals surface area contributed by atoms with Gasteiger partial charge in [-0.2, -0.15) is 0 Å². The van der Waals surface area contributed by atoms with Gasteiger partial charge in [-0.25, -0.2) is 9.69 Å². The first-order chi connectivity index (χ1) is 21.5. The van der Waals surface area contributed by atoms with Crippen LogP contribution in [0.25, 0.3) is 0 Å². The van der Waals surface area contributed by atoms with E-state index in [1.54, 1.807) is 106 Å². The highest BCUT2D eigenvalue weighted by atomic mass is 16.6. The lowest BCUT2D eigenvalue weighted by Crippen LogP contribution is -2.65. The van der Waals surface area contributed by atoms with Crippen molar-refractivity contribution < 1.29 is 33.5 Å². The summed E-state index contributed by atoms with van der Waals surface area (Å²) in [5, 5.41) is 0. The molecule has 0 bridgehead atoms. The van der Waals surface area contributed by atoms with Crippen LogP contribution in [0.2, 0.25) is 0 Å². The Bertz CT molecular complexity index is 1780. The summed E-state index contributed by atoms with van der Waals surface area (Å²) in [7, 11) is 0. The predicted octanol–water partition coefficient (Wildman–Crippen LogP) is 4.41. The number of anilines is 3. The highest BCUT2D eigenvalue weighted by Crippen LogP contribution is 2.61. The summed E-state index contributed by atoms with van der Waals surface area (Å²) in [4.78, 5) is 88.7. The van der Waals surface area contributed by atoms with E-state index >= 15 is 0 Å². The van der Waals surface area contributed by atoms with Crippen molar-refractivity contribution in [3.8, 4) is 0 Å². The van der Waals surface area contributed by atoms with E-state index < -0.39 is 70.3 Å². The monoisotopic (exact) mass is 605 g/mol. The molecule has 0 radical (unpaired) electrons. The maximum absolute atomic E-state index is 14.8. The lowest BCUT2D eigenvalue weighted by molar-refractivity contribution is -0.142. The fourth-order valence-corrected chi connectivity index (χ4v) is 7.77. The molecule has 0 N–H and O–H groups in total. The minimum Gasteiger partial charge on any atom is -0.443 e. The highest BCUT2D eigenvalue weighted by Gasteiger charge is 2.74. The van der Waals surface area contributed by atoms with Crippen LogP contribution >= 0.6 is 0 Å². The van der Waals surface area contributed by atoms with Crippen LogP contribution in [-0.4, -0.2) is 47.1 Å². The van der Waals surface area contributed by atoms with Crippen LogP contribution in [0.3, 0.4) is 0 Å². The van der Waals surface area contributed by atoms with Gasteiger partial charge in [-0.3, -0.25) is 33.8 Å². The number of benzene rings is 3. The van der Waals surface area contributed by atoms with Gasteiger partial charge in [0.15, 0.2) is 0 Å². The topological polar surface area (TPSA) is 121 Å². The zero-order valence-corrected chi connectivity index (χ0v) is 25.0. The molecule has 7 rings (SSSR count). The number of nitrogens with zero attached hydrogens (tertiary/aromatic N) is 3. The first kappa shape index (κ1) is 28.6. The number of amides is 5. The summed E-state index contributed by atoms with van der Waals surface area (Å²) in [6.45, 7) is 5.10. The molecule has 228 valence electrons. The van der Waals surface area contributed by atoms with Gasteiger partial charge in [0.2, 0.25) is 23.6 Å². The van der Waals surface area contributed by atoms with Crippen LogP contribution in [0.1, 0.15) is 39.2 Å². The second-order valence-electron chi connectivity index (χ2n) is 12.9. The molecule has 1 saturated carbocycles. The fourth-order valence-electron chi connectivity index (χ4n) is 7.77. The van der Waals surface area contributed by atoms with E-state index in [0.717, 1.165) is 9.80 Å². The number of carbonyl (C=O) groups is 6. The number of rotatable bonds is 3. The molecule has 10 heteroatoms. The predicted molar refractivity (Wildman–Crippen MR) is 163 cm³/mol. The second kappa shape index (κ2) is 9.95. The summed E-state index contributed by atoms with van der Waals surface area (Å²) < 4.78 is 5.83. The Balaban J connectivity index is 1.45. The zero-order valence-electron chi connectivity index (χ0n) is 25.0. The van der Waals surface area contributed by atoms with Crippen molar-refractivity contribution in [3.63, 3.8) is 0 Å². The Morgan fingerprint density at radius 2 is 1.31 bits per heavy atom. The Kier molecular flexibility index (Phi) is 6.33. The van der Waals surface area contributed by atoms with Crippen molar-refractivity contribution in [2.24, 2.45) is 17.8 Å². The third-order valence-electron chi connectivity index (χ3n) is 9.35. The highest BCUT2D eigenvalue weighted by molar-refractivity contribution is 6.27. The molecule has 1 unspecified atom stereocenters. The second-order valence-corrected chi connectivity index (χ2v) is 12.9. The Labute approximate surface area is 259 Å². The van der Waals surface area contributed by atoms with Gasteiger partial charge in [0.05, 0.1) is 46.3 Å². The largest absolute Gasteiger partial charge is 0.443 e. The molecule has 5 atom stereocenters. The number of imide groups is 2. The van der Waals surface area contributed by atoms with Crippen LogP contribution in [-0.2, 0) is 34.1 Å². The van der Waals surface area contributed by atoms with E-state index in [4.69, 9.17) is 4.74 Å². The summed E-state index contributed by atoms with van der Waals surface area (Å²) in [6, 6.07) is 22.3. The molecule has 3 aliphatic heterocycles. The lowest BCUT2D eigenvalue weighted by atomic mass is 9.54. The molecule has 3 heterocycles. The van der Waals surface area contributed by atoms with Gasteiger partial charge in [-0.15, -0.1) is 0 Å². The van der Waals surface area contributed by atoms with Gasteiger partial charge in [0.1, 0.15) is 11.4 Å². The van der Waals surface area contributed by atoms with Crippen molar-refractivity contribution in [1.82, 2.24) is 0 Å². The minimum atomic E-state index is -1.78. The molecule has 3 aromatic rings. The number of ether oxygens (including phenoxy) is 1. The van der Waals surface area contributed by atoms with Crippen molar-refractivity contribution in [1.29, 1.82) is 0 Å². The van der Waals surface area contributed by atoms with Crippen LogP contribution in [0, 0.1) is 17.8 Å². The Morgan fingerprint density at radius 1 is 0.733 bits per heavy atom. The molecular weight excluding hydrogens is 574 g/mol. The van der Waals surface area contributed by atoms with Gasteiger partial charge >= 0.3 is 6.09 Å². The normalized spacial score (nSPS) is 27.5. The van der Waals surface area contributed by atoms with Crippen molar-refractivity contribution in [2.75, 3.05) is 14.7 Å². The molecule has 0 spiro atoms. The molecule has 0 aromatic heterocycles. The van der Waals surface area contributed by atoms with Gasteiger partial charge in [-0.1, -0.05) is 54.6 Å². The van der Waals surface area contributed by atoms with Crippen LogP contribution < -0.4 is 14.7 Å². The van der Waals surface area contributed by atoms with E-state index in [-0.39, 0.29) is 12.8 Å². The number of fused-ring (bicyclic) bond motifs is 5. The Morgan fingerprint density at radius 3 is 1.93 bits per heavy atom. The first-order valence-electron chi connectivity index (χ1n) is 15.0. The lowest BCUT2D eigenvalue weighted by Gasteiger charge is -2.47. The molecule has 1 aliphatic carbocycles. The van der Waals surface area contributed by atoms with Crippen molar-refractivity contribution in [2.45, 2.75) is 50.7 Å². The van der Waals surface area contributed by atoms with E-state index in [9.17, 15) is 28.8 Å². The molecule has 3 aromatic carbocycles. The van der Waals surface area contributed by atoms with Crippen LogP contribution in [0.5, 0.6) is 0 Å². The third-order valence-corrected chi connectivity index (χ3v) is 9.35. The van der Waals surface area contributed by atoms with Crippen molar-refractivity contribution >= 4 is 52.6 Å². The summed E-state index contributed by atoms with van der Waals surface area (Å²) in [5.41, 5.74) is -1.34. The van der Waals surface area contributed by atoms with E-state index in [1.165, 1.54) is 4.90 Å². The Hall–Kier alpha value is -5.12. The SMILES string of the molecule is CC(C)(C)OC(=O)N1c2ccccc2[C@@]2(C3CC(=O)N(c4ccccc4)C3=O)C(=O)C[C@H]3C(=O)N(c4ccccc4)C(=O)[C@H]3[C@@H]12. The fraction of sp³-hybridized carbons (Fsp3) is 0.314. The van der Waals surface area contributed by atoms with Gasteiger partial charge in [-0.05, 0) is 56.7 Å². The maximum atomic E-state index is 14.8. The number of carbonyl (C=O) groups excluding carboxylic acids is 6. The molecule has 3 fully saturated rings. The van der Waals surface area contributed by atoms with Gasteiger partial charge in [0.25, 0.3) is 0 Å². The van der Waals surface area contributed by atoms with Gasteiger partial charge in [0, 0.05) is 12.8 Å². The molecule has 4 aliphatic rings. The standard InChI is InChI=1S/C35H31N3O7/c1-34(2,3)45-33(44)38-25-17-11-10-16-23(25)35(24-19-27(40)36(31(24)42)20-12-6-4-7-13-20)26(39)18-22-28(29(35)38)32(43)37(30(22)41)21-14-8-5-9-15-21/h4-17,22,24,28-29H,18-19H2,1-3H3/t22-,24?,28-,29-,35-/m1/s1. The molecular formula is C35H31N3O7. The first-order valence-corrected chi connectivity index (χ1v) is 15.0. The average molecular weight is 606 g/mol. The van der Waals surface area contributed by atoms with E-state index in [0.29, 0.717) is 22.6 Å². The van der Waals surface area contributed by atoms with E-state index in [1.807, 2.05) is 0 Å². The van der Waals surface area contributed by atoms with Crippen molar-refractivity contribution in [3.05, 3.63) is 90.5 Å². The number of Topliss-reactive ketones (excluding diaryl/α,β-unsaturated/α-hetero) is 1. The number of ketones is 1. The number of hydrogen-bond acceptors (Lipinski definition) is 7. The molecule has 10 nitrogen and oxygen atoms in total. The summed E-state index contributed by atoms with van der Waals surface area (Å²) >= 11 is 0. The zero-order chi connectivity index (χ0) is 31.8. The summed E-state index contributed by atoms with van der Waals surface area (Å²) in [5.74, 6) is -6.15. The van der Waals surface area contributed by atoms with Crippen LogP contribution in [0.4, 0.5) is 21.9 Å². The maximum Gasteiger partial charge on any atom is 0.415 e.